The molecule has 152 valence electrons. The first-order valence-corrected chi connectivity index (χ1v) is 10.7. The zero-order valence-corrected chi connectivity index (χ0v) is 17.7. The van der Waals surface area contributed by atoms with Crippen LogP contribution in [0.3, 0.4) is 0 Å². The van der Waals surface area contributed by atoms with E-state index in [1.165, 1.54) is 24.0 Å². The molecule has 0 spiro atoms. The lowest BCUT2D eigenvalue weighted by atomic mass is 9.99. The predicted molar refractivity (Wildman–Crippen MR) is 113 cm³/mol. The van der Waals surface area contributed by atoms with Gasteiger partial charge in [-0.2, -0.15) is 5.10 Å². The minimum Gasteiger partial charge on any atom is -0.350 e. The molecule has 1 unspecified atom stereocenters. The molecule has 1 aliphatic heterocycles. The Morgan fingerprint density at radius 3 is 2.89 bits per heavy atom. The lowest BCUT2D eigenvalue weighted by Crippen LogP contribution is -2.34. The number of benzene rings is 1. The Balaban J connectivity index is 1.59. The zero-order chi connectivity index (χ0) is 19.9. The van der Waals surface area contributed by atoms with Gasteiger partial charge in [-0.15, -0.1) is 0 Å². The molecule has 1 aromatic heterocycles. The summed E-state index contributed by atoms with van der Waals surface area (Å²) >= 11 is 5.26. The van der Waals surface area contributed by atoms with Crippen LogP contribution in [0.2, 0.25) is 0 Å². The monoisotopic (exact) mass is 401 g/mol. The number of piperidine rings is 1. The molecule has 1 amide bonds. The lowest BCUT2D eigenvalue weighted by molar-refractivity contribution is -0.121. The van der Waals surface area contributed by atoms with Crippen molar-refractivity contribution < 1.29 is 4.79 Å². The van der Waals surface area contributed by atoms with E-state index in [2.05, 4.69) is 52.5 Å². The van der Waals surface area contributed by atoms with Crippen LogP contribution in [0.4, 0.5) is 0 Å². The smallest absolute Gasteiger partial charge is 0.240 e. The van der Waals surface area contributed by atoms with Gasteiger partial charge in [-0.25, -0.2) is 0 Å². The van der Waals surface area contributed by atoms with Crippen molar-refractivity contribution in [3.8, 4) is 0 Å². The van der Waals surface area contributed by atoms with Gasteiger partial charge in [0.15, 0.2) is 4.77 Å². The van der Waals surface area contributed by atoms with Crippen molar-refractivity contribution in [2.45, 2.75) is 59.2 Å². The molecular weight excluding hydrogens is 370 g/mol. The SMILES string of the molecule is CCCc1n[nH]c(=S)n1CC(=O)NCc1ccccc1CN1CCCC(C)C1. The Hall–Kier alpha value is -1.99. The minimum absolute atomic E-state index is 0.0451. The normalized spacial score (nSPS) is 17.6. The molecule has 1 aromatic carbocycles. The third-order valence-corrected chi connectivity index (χ3v) is 5.65. The van der Waals surface area contributed by atoms with E-state index in [0.717, 1.165) is 44.2 Å². The van der Waals surface area contributed by atoms with Crippen LogP contribution in [-0.2, 0) is 30.8 Å². The molecule has 1 atom stereocenters. The van der Waals surface area contributed by atoms with Gasteiger partial charge in [-0.1, -0.05) is 38.1 Å². The minimum atomic E-state index is -0.0451. The Morgan fingerprint density at radius 2 is 2.14 bits per heavy atom. The van der Waals surface area contributed by atoms with Gasteiger partial charge in [0.1, 0.15) is 12.4 Å². The first-order valence-electron chi connectivity index (χ1n) is 10.3. The van der Waals surface area contributed by atoms with Gasteiger partial charge in [-0.3, -0.25) is 19.4 Å². The Bertz CT molecular complexity index is 843. The van der Waals surface area contributed by atoms with Crippen LogP contribution in [0.25, 0.3) is 0 Å². The van der Waals surface area contributed by atoms with Crippen molar-refractivity contribution in [1.82, 2.24) is 25.0 Å². The second-order valence-electron chi connectivity index (χ2n) is 7.81. The van der Waals surface area contributed by atoms with Gasteiger partial charge in [0.2, 0.25) is 5.91 Å². The number of likely N-dealkylation sites (tertiary alicyclic amines) is 1. The number of aromatic nitrogens is 3. The molecule has 2 aromatic rings. The number of nitrogens with one attached hydrogen (secondary N) is 2. The van der Waals surface area contributed by atoms with Crippen molar-refractivity contribution >= 4 is 18.1 Å². The highest BCUT2D eigenvalue weighted by Crippen LogP contribution is 2.19. The van der Waals surface area contributed by atoms with Gasteiger partial charge in [0.05, 0.1) is 0 Å². The molecule has 6 nitrogen and oxygen atoms in total. The summed E-state index contributed by atoms with van der Waals surface area (Å²) in [5, 5.41) is 10.1. The highest BCUT2D eigenvalue weighted by atomic mass is 32.1. The number of nitrogens with zero attached hydrogens (tertiary/aromatic N) is 3. The number of H-pyrrole nitrogens is 1. The van der Waals surface area contributed by atoms with Crippen LogP contribution < -0.4 is 5.32 Å². The molecule has 1 fully saturated rings. The van der Waals surface area contributed by atoms with Crippen LogP contribution >= 0.6 is 12.2 Å². The molecule has 0 radical (unpaired) electrons. The van der Waals surface area contributed by atoms with Crippen molar-refractivity contribution in [2.24, 2.45) is 5.92 Å². The number of carbonyl (C=O) groups is 1. The fourth-order valence-corrected chi connectivity index (χ4v) is 4.09. The van der Waals surface area contributed by atoms with E-state index in [1.54, 1.807) is 4.57 Å². The van der Waals surface area contributed by atoms with Gasteiger partial charge >= 0.3 is 0 Å². The van der Waals surface area contributed by atoms with E-state index in [-0.39, 0.29) is 12.5 Å². The highest BCUT2D eigenvalue weighted by molar-refractivity contribution is 7.71. The first kappa shape index (κ1) is 20.7. The van der Waals surface area contributed by atoms with Crippen LogP contribution in [0.1, 0.15) is 50.1 Å². The third kappa shape index (κ3) is 5.52. The fraction of sp³-hybridized carbons (Fsp3) is 0.571. The molecule has 1 aliphatic rings. The van der Waals surface area contributed by atoms with E-state index >= 15 is 0 Å². The van der Waals surface area contributed by atoms with Gasteiger partial charge in [0, 0.05) is 26.1 Å². The molecule has 2 heterocycles. The topological polar surface area (TPSA) is 66.0 Å². The van der Waals surface area contributed by atoms with E-state index in [1.807, 2.05) is 6.07 Å². The van der Waals surface area contributed by atoms with Crippen LogP contribution in [-0.4, -0.2) is 38.7 Å². The van der Waals surface area contributed by atoms with Crippen molar-refractivity contribution in [2.75, 3.05) is 13.1 Å². The molecule has 0 saturated carbocycles. The summed E-state index contributed by atoms with van der Waals surface area (Å²) < 4.78 is 2.29. The number of carbonyl (C=O) groups excluding carboxylic acids is 1. The number of rotatable bonds is 8. The molecule has 0 bridgehead atoms. The second kappa shape index (κ2) is 9.98. The zero-order valence-electron chi connectivity index (χ0n) is 16.9. The number of aryl methyl sites for hydroxylation is 1. The number of hydrogen-bond donors (Lipinski definition) is 2. The largest absolute Gasteiger partial charge is 0.350 e. The van der Waals surface area contributed by atoms with E-state index < -0.39 is 0 Å². The second-order valence-corrected chi connectivity index (χ2v) is 8.20. The summed E-state index contributed by atoms with van der Waals surface area (Å²) in [5.74, 6) is 1.55. The summed E-state index contributed by atoms with van der Waals surface area (Å²) in [4.78, 5) is 15.0. The molecule has 3 rings (SSSR count). The maximum Gasteiger partial charge on any atom is 0.240 e. The van der Waals surface area contributed by atoms with Gasteiger partial charge in [-0.05, 0) is 55.1 Å². The quantitative estimate of drug-likeness (QED) is 0.665. The van der Waals surface area contributed by atoms with Gasteiger partial charge < -0.3 is 5.32 Å². The van der Waals surface area contributed by atoms with Crippen LogP contribution in [0.5, 0.6) is 0 Å². The summed E-state index contributed by atoms with van der Waals surface area (Å²) in [6, 6.07) is 8.40. The molecule has 1 saturated heterocycles. The number of aromatic amines is 1. The van der Waals surface area contributed by atoms with E-state index in [4.69, 9.17) is 12.2 Å². The standard InChI is InChI=1S/C21H31N5OS/c1-3-7-19-23-24-21(28)26(19)15-20(27)22-12-17-9-4-5-10-18(17)14-25-11-6-8-16(2)13-25/h4-5,9-10,16H,3,6-8,11-15H2,1-2H3,(H,22,27)(H,24,28). The van der Waals surface area contributed by atoms with E-state index in [9.17, 15) is 4.79 Å². The Kier molecular flexibility index (Phi) is 7.39. The molecule has 0 aliphatic carbocycles. The average Bonchev–Trinajstić information content (AvgIpc) is 3.01. The van der Waals surface area contributed by atoms with Crippen LogP contribution in [0, 0.1) is 10.7 Å². The molecule has 28 heavy (non-hydrogen) atoms. The average molecular weight is 402 g/mol. The van der Waals surface area contributed by atoms with Gasteiger partial charge in [0.25, 0.3) is 0 Å². The maximum atomic E-state index is 12.5. The van der Waals surface area contributed by atoms with Crippen molar-refractivity contribution in [3.63, 3.8) is 0 Å². The Morgan fingerprint density at radius 1 is 1.36 bits per heavy atom. The van der Waals surface area contributed by atoms with E-state index in [0.29, 0.717) is 11.3 Å². The molecule has 7 heteroatoms. The Labute approximate surface area is 172 Å². The number of hydrogen-bond acceptors (Lipinski definition) is 4. The van der Waals surface area contributed by atoms with Crippen molar-refractivity contribution in [3.05, 3.63) is 46.0 Å². The maximum absolute atomic E-state index is 12.5. The summed E-state index contributed by atoms with van der Waals surface area (Å²) in [7, 11) is 0. The summed E-state index contributed by atoms with van der Waals surface area (Å²) in [6.07, 6.45) is 4.36. The fourth-order valence-electron chi connectivity index (χ4n) is 3.88. The lowest BCUT2D eigenvalue weighted by Gasteiger charge is -2.31. The number of amides is 1. The molecular formula is C21H31N5OS. The third-order valence-electron chi connectivity index (χ3n) is 5.34. The highest BCUT2D eigenvalue weighted by Gasteiger charge is 2.17. The summed E-state index contributed by atoms with van der Waals surface area (Å²) in [6.45, 7) is 8.41. The predicted octanol–water partition coefficient (Wildman–Crippen LogP) is 3.44. The first-order chi connectivity index (χ1) is 13.6. The summed E-state index contributed by atoms with van der Waals surface area (Å²) in [5.41, 5.74) is 2.47. The molecule has 2 N–H and O–H groups in total. The van der Waals surface area contributed by atoms with Crippen molar-refractivity contribution in [1.29, 1.82) is 0 Å². The van der Waals surface area contributed by atoms with Crippen LogP contribution in [0.15, 0.2) is 24.3 Å².